The van der Waals surface area contributed by atoms with Crippen molar-refractivity contribution in [2.24, 2.45) is 0 Å². The summed E-state index contributed by atoms with van der Waals surface area (Å²) < 4.78 is 15.8. The van der Waals surface area contributed by atoms with Crippen LogP contribution in [-0.2, 0) is 14.3 Å². The largest absolute Gasteiger partial charge is 0.497 e. The highest BCUT2D eigenvalue weighted by Crippen LogP contribution is 2.14. The number of ketones is 1. The molecule has 6 heteroatoms. The average molecular weight is 321 g/mol. The fraction of sp³-hybridized carbons (Fsp3) is 0.529. The first-order valence-corrected chi connectivity index (χ1v) is 7.71. The molecule has 1 amide bonds. The molecule has 0 radical (unpaired) electrons. The number of ether oxygens (including phenoxy) is 3. The summed E-state index contributed by atoms with van der Waals surface area (Å²) in [7, 11) is 3.20. The molecule has 1 aliphatic heterocycles. The summed E-state index contributed by atoms with van der Waals surface area (Å²) in [5.41, 5.74) is 0.578. The van der Waals surface area contributed by atoms with Crippen LogP contribution in [0.15, 0.2) is 24.3 Å². The van der Waals surface area contributed by atoms with E-state index in [0.717, 1.165) is 6.42 Å². The Labute approximate surface area is 136 Å². The quantitative estimate of drug-likeness (QED) is 0.772. The molecule has 1 aliphatic rings. The third-order valence-corrected chi connectivity index (χ3v) is 3.93. The summed E-state index contributed by atoms with van der Waals surface area (Å²) >= 11 is 0. The van der Waals surface area contributed by atoms with Crippen LogP contribution in [0.2, 0.25) is 0 Å². The molecule has 126 valence electrons. The van der Waals surface area contributed by atoms with Crippen LogP contribution in [0, 0.1) is 0 Å². The van der Waals surface area contributed by atoms with Crippen LogP contribution in [0.4, 0.5) is 0 Å². The van der Waals surface area contributed by atoms with Gasteiger partial charge in [-0.1, -0.05) is 0 Å². The van der Waals surface area contributed by atoms with Gasteiger partial charge in [-0.2, -0.15) is 0 Å². The standard InChI is InChI=1S/C17H23NO5/c1-21-13-5-3-12(4-6-13)15(19)7-8-17(20)18-14-11-23-10-9-16(14)22-2/h3-6,14,16H,7-11H2,1-2H3,(H,18,20). The number of nitrogens with one attached hydrogen (secondary N) is 1. The molecule has 2 rings (SSSR count). The molecule has 23 heavy (non-hydrogen) atoms. The maximum Gasteiger partial charge on any atom is 0.220 e. The molecule has 0 aliphatic carbocycles. The van der Waals surface area contributed by atoms with Crippen LogP contribution in [-0.4, -0.2) is 51.3 Å². The third kappa shape index (κ3) is 5.04. The Hall–Kier alpha value is -1.92. The van der Waals surface area contributed by atoms with Crippen molar-refractivity contribution in [3.05, 3.63) is 29.8 Å². The van der Waals surface area contributed by atoms with Gasteiger partial charge in [0.05, 0.1) is 25.9 Å². The topological polar surface area (TPSA) is 73.9 Å². The van der Waals surface area contributed by atoms with Gasteiger partial charge in [0, 0.05) is 32.1 Å². The SMILES string of the molecule is COc1ccc(C(=O)CCC(=O)NC2COCCC2OC)cc1. The zero-order valence-electron chi connectivity index (χ0n) is 13.5. The van der Waals surface area contributed by atoms with Gasteiger partial charge in [0.15, 0.2) is 5.78 Å². The van der Waals surface area contributed by atoms with Gasteiger partial charge in [0.25, 0.3) is 0 Å². The van der Waals surface area contributed by atoms with Crippen molar-refractivity contribution in [3.8, 4) is 5.75 Å². The van der Waals surface area contributed by atoms with Crippen LogP contribution in [0.1, 0.15) is 29.6 Å². The Morgan fingerprint density at radius 2 is 1.96 bits per heavy atom. The highest BCUT2D eigenvalue weighted by molar-refractivity contribution is 5.98. The van der Waals surface area contributed by atoms with Gasteiger partial charge in [-0.15, -0.1) is 0 Å². The maximum atomic E-state index is 12.1. The van der Waals surface area contributed by atoms with E-state index in [1.54, 1.807) is 38.5 Å². The van der Waals surface area contributed by atoms with Crippen LogP contribution < -0.4 is 10.1 Å². The van der Waals surface area contributed by atoms with E-state index in [4.69, 9.17) is 14.2 Å². The van der Waals surface area contributed by atoms with Crippen molar-refractivity contribution >= 4 is 11.7 Å². The molecular formula is C17H23NO5. The van der Waals surface area contributed by atoms with E-state index in [2.05, 4.69) is 5.32 Å². The van der Waals surface area contributed by atoms with Crippen LogP contribution in [0.5, 0.6) is 5.75 Å². The molecule has 1 aromatic carbocycles. The van der Waals surface area contributed by atoms with Crippen LogP contribution in [0.3, 0.4) is 0 Å². The second kappa shape index (κ2) is 8.64. The molecule has 1 aromatic rings. The Balaban J connectivity index is 1.79. The molecule has 0 bridgehead atoms. The summed E-state index contributed by atoms with van der Waals surface area (Å²) in [6.07, 6.45) is 1.04. The van der Waals surface area contributed by atoms with Crippen molar-refractivity contribution in [2.75, 3.05) is 27.4 Å². The van der Waals surface area contributed by atoms with E-state index in [1.807, 2.05) is 0 Å². The molecule has 1 heterocycles. The average Bonchev–Trinajstić information content (AvgIpc) is 2.60. The Bertz CT molecular complexity index is 528. The fourth-order valence-electron chi connectivity index (χ4n) is 2.56. The van der Waals surface area contributed by atoms with Crippen molar-refractivity contribution in [1.29, 1.82) is 0 Å². The number of amides is 1. The molecule has 2 unspecified atom stereocenters. The number of carbonyl (C=O) groups excluding carboxylic acids is 2. The zero-order valence-corrected chi connectivity index (χ0v) is 13.5. The summed E-state index contributed by atoms with van der Waals surface area (Å²) in [5.74, 6) is 0.470. The number of benzene rings is 1. The van der Waals surface area contributed by atoms with E-state index in [1.165, 1.54) is 0 Å². The molecule has 1 fully saturated rings. The predicted molar refractivity (Wildman–Crippen MR) is 84.7 cm³/mol. The van der Waals surface area contributed by atoms with Gasteiger partial charge in [-0.25, -0.2) is 0 Å². The van der Waals surface area contributed by atoms with Crippen molar-refractivity contribution in [2.45, 2.75) is 31.4 Å². The molecule has 2 atom stereocenters. The van der Waals surface area contributed by atoms with E-state index < -0.39 is 0 Å². The fourth-order valence-corrected chi connectivity index (χ4v) is 2.56. The number of Topliss-reactive ketones (excluding diaryl/α,β-unsaturated/α-hetero) is 1. The molecule has 0 spiro atoms. The van der Waals surface area contributed by atoms with Crippen molar-refractivity contribution in [1.82, 2.24) is 5.32 Å². The molecule has 0 saturated carbocycles. The van der Waals surface area contributed by atoms with Gasteiger partial charge >= 0.3 is 0 Å². The van der Waals surface area contributed by atoms with Gasteiger partial charge in [0.2, 0.25) is 5.91 Å². The smallest absolute Gasteiger partial charge is 0.220 e. The molecule has 1 N–H and O–H groups in total. The number of hydrogen-bond donors (Lipinski definition) is 1. The van der Waals surface area contributed by atoms with E-state index in [9.17, 15) is 9.59 Å². The normalized spacial score (nSPS) is 20.8. The second-order valence-electron chi connectivity index (χ2n) is 5.46. The first kappa shape index (κ1) is 17.4. The Kier molecular flexibility index (Phi) is 6.55. The van der Waals surface area contributed by atoms with Crippen molar-refractivity contribution in [3.63, 3.8) is 0 Å². The predicted octanol–water partition coefficient (Wildman–Crippen LogP) is 1.58. The number of methoxy groups -OCH3 is 2. The van der Waals surface area contributed by atoms with E-state index in [0.29, 0.717) is 24.5 Å². The highest BCUT2D eigenvalue weighted by Gasteiger charge is 2.27. The van der Waals surface area contributed by atoms with E-state index >= 15 is 0 Å². The van der Waals surface area contributed by atoms with Crippen molar-refractivity contribution < 1.29 is 23.8 Å². The first-order valence-electron chi connectivity index (χ1n) is 7.71. The lowest BCUT2D eigenvalue weighted by molar-refractivity contribution is -0.125. The summed E-state index contributed by atoms with van der Waals surface area (Å²) in [6.45, 7) is 1.08. The molecular weight excluding hydrogens is 298 g/mol. The van der Waals surface area contributed by atoms with Gasteiger partial charge in [-0.3, -0.25) is 9.59 Å². The Morgan fingerprint density at radius 1 is 1.22 bits per heavy atom. The molecule has 1 saturated heterocycles. The zero-order chi connectivity index (χ0) is 16.7. The van der Waals surface area contributed by atoms with Gasteiger partial charge < -0.3 is 19.5 Å². The summed E-state index contributed by atoms with van der Waals surface area (Å²) in [5, 5.41) is 2.88. The summed E-state index contributed by atoms with van der Waals surface area (Å²) in [6, 6.07) is 6.72. The molecule has 0 aromatic heterocycles. The minimum absolute atomic E-state index is 0.0370. The minimum Gasteiger partial charge on any atom is -0.497 e. The lowest BCUT2D eigenvalue weighted by Crippen LogP contribution is -2.50. The van der Waals surface area contributed by atoms with Crippen LogP contribution in [0.25, 0.3) is 0 Å². The van der Waals surface area contributed by atoms with E-state index in [-0.39, 0.29) is 36.7 Å². The van der Waals surface area contributed by atoms with Gasteiger partial charge in [0.1, 0.15) is 5.75 Å². The Morgan fingerprint density at radius 3 is 2.61 bits per heavy atom. The molecule has 6 nitrogen and oxygen atoms in total. The second-order valence-corrected chi connectivity index (χ2v) is 5.46. The highest BCUT2D eigenvalue weighted by atomic mass is 16.5. The summed E-state index contributed by atoms with van der Waals surface area (Å²) in [4.78, 5) is 24.1. The number of carbonyl (C=O) groups is 2. The maximum absolute atomic E-state index is 12.1. The first-order chi connectivity index (χ1) is 11.1. The monoisotopic (exact) mass is 321 g/mol. The number of rotatable bonds is 7. The number of hydrogen-bond acceptors (Lipinski definition) is 5. The third-order valence-electron chi connectivity index (χ3n) is 3.93. The van der Waals surface area contributed by atoms with Gasteiger partial charge in [-0.05, 0) is 30.7 Å². The lowest BCUT2D eigenvalue weighted by Gasteiger charge is -2.31. The van der Waals surface area contributed by atoms with Crippen LogP contribution >= 0.6 is 0 Å². The minimum atomic E-state index is -0.163. The lowest BCUT2D eigenvalue weighted by atomic mass is 10.0.